The molecule has 2 rings (SSSR count). The second-order valence-electron chi connectivity index (χ2n) is 7.87. The number of carbonyl (C=O) groups is 2. The van der Waals surface area contributed by atoms with Crippen LogP contribution in [0.1, 0.15) is 49.7 Å². The zero-order valence-electron chi connectivity index (χ0n) is 17.9. The van der Waals surface area contributed by atoms with Crippen molar-refractivity contribution in [2.45, 2.75) is 40.2 Å². The molecule has 29 heavy (non-hydrogen) atoms. The van der Waals surface area contributed by atoms with E-state index in [-0.39, 0.29) is 18.4 Å². The van der Waals surface area contributed by atoms with E-state index in [0.29, 0.717) is 36.1 Å². The fraction of sp³-hybridized carbons (Fsp3) is 0.478. The highest BCUT2D eigenvalue weighted by molar-refractivity contribution is 6.30. The first-order chi connectivity index (χ1) is 13.8. The number of carbonyl (C=O) groups excluding carboxylic acids is 2. The van der Waals surface area contributed by atoms with Crippen LogP contribution in [0.4, 0.5) is 0 Å². The van der Waals surface area contributed by atoms with E-state index in [2.05, 4.69) is 20.8 Å². The van der Waals surface area contributed by atoms with E-state index in [1.54, 1.807) is 29.2 Å². The Morgan fingerprint density at radius 3 is 2.34 bits per heavy atom. The van der Waals surface area contributed by atoms with Crippen LogP contribution in [0.5, 0.6) is 0 Å². The molecule has 0 aliphatic rings. The number of unbranched alkanes of at least 4 members (excludes halogenated alkanes) is 1. The van der Waals surface area contributed by atoms with E-state index in [9.17, 15) is 9.59 Å². The van der Waals surface area contributed by atoms with Crippen molar-refractivity contribution in [3.05, 3.63) is 58.9 Å². The molecule has 0 bridgehead atoms. The summed E-state index contributed by atoms with van der Waals surface area (Å²) in [6, 6.07) is 10.8. The molecule has 0 radical (unpaired) electrons. The fourth-order valence-corrected chi connectivity index (χ4v) is 3.32. The van der Waals surface area contributed by atoms with Gasteiger partial charge in [0.15, 0.2) is 0 Å². The first-order valence-corrected chi connectivity index (χ1v) is 10.6. The van der Waals surface area contributed by atoms with Crippen LogP contribution in [0.2, 0.25) is 5.02 Å². The lowest BCUT2D eigenvalue weighted by molar-refractivity contribution is -0.133. The molecule has 158 valence electrons. The average molecular weight is 418 g/mol. The van der Waals surface area contributed by atoms with Gasteiger partial charge in [0.1, 0.15) is 6.54 Å². The second kappa shape index (κ2) is 11.1. The number of halogens is 1. The predicted octanol–water partition coefficient (Wildman–Crippen LogP) is 4.61. The molecule has 0 spiro atoms. The highest BCUT2D eigenvalue weighted by Gasteiger charge is 2.23. The standard InChI is InChI=1S/C23H32ClN3O2/c1-5-6-14-26(23(29)19-9-11-20(24)12-10-19)17-22(28)27(15-18(2)3)16-21-8-7-13-25(21)4/h7-13,18H,5-6,14-17H2,1-4H3. The van der Waals surface area contributed by atoms with Gasteiger partial charge in [0.05, 0.1) is 6.54 Å². The highest BCUT2D eigenvalue weighted by atomic mass is 35.5. The second-order valence-corrected chi connectivity index (χ2v) is 8.30. The summed E-state index contributed by atoms with van der Waals surface area (Å²) in [5, 5.41) is 0.586. The zero-order valence-corrected chi connectivity index (χ0v) is 18.7. The van der Waals surface area contributed by atoms with Gasteiger partial charge in [-0.1, -0.05) is 38.8 Å². The molecule has 5 nitrogen and oxygen atoms in total. The molecular weight excluding hydrogens is 386 g/mol. The number of aromatic nitrogens is 1. The van der Waals surface area contributed by atoms with Crippen LogP contribution in [0, 0.1) is 5.92 Å². The van der Waals surface area contributed by atoms with Crippen molar-refractivity contribution in [1.82, 2.24) is 14.4 Å². The van der Waals surface area contributed by atoms with Gasteiger partial charge < -0.3 is 14.4 Å². The summed E-state index contributed by atoms with van der Waals surface area (Å²) in [5.41, 5.74) is 1.62. The quantitative estimate of drug-likeness (QED) is 0.566. The monoisotopic (exact) mass is 417 g/mol. The summed E-state index contributed by atoms with van der Waals surface area (Å²) >= 11 is 5.95. The third-order valence-corrected chi connectivity index (χ3v) is 5.08. The minimum absolute atomic E-state index is 0.0293. The summed E-state index contributed by atoms with van der Waals surface area (Å²) in [5.74, 6) is 0.181. The summed E-state index contributed by atoms with van der Waals surface area (Å²) in [6.45, 7) is 8.10. The molecule has 0 N–H and O–H groups in total. The molecule has 0 atom stereocenters. The Morgan fingerprint density at radius 1 is 1.10 bits per heavy atom. The van der Waals surface area contributed by atoms with Crippen molar-refractivity contribution in [3.8, 4) is 0 Å². The van der Waals surface area contributed by atoms with E-state index in [1.165, 1.54) is 0 Å². The summed E-state index contributed by atoms with van der Waals surface area (Å²) in [4.78, 5) is 29.7. The number of nitrogens with zero attached hydrogens (tertiary/aromatic N) is 3. The molecule has 0 unspecified atom stereocenters. The lowest BCUT2D eigenvalue weighted by Crippen LogP contribution is -2.44. The summed E-state index contributed by atoms with van der Waals surface area (Å²) in [6.07, 6.45) is 3.79. The van der Waals surface area contributed by atoms with Crippen LogP contribution in [0.25, 0.3) is 0 Å². The molecule has 1 heterocycles. The molecule has 6 heteroatoms. The number of hydrogen-bond acceptors (Lipinski definition) is 2. The lowest BCUT2D eigenvalue weighted by atomic mass is 10.1. The van der Waals surface area contributed by atoms with Gasteiger partial charge in [0.2, 0.25) is 5.91 Å². The maximum absolute atomic E-state index is 13.2. The normalized spacial score (nSPS) is 11.0. The Balaban J connectivity index is 2.17. The minimum atomic E-state index is -0.133. The van der Waals surface area contributed by atoms with E-state index in [4.69, 9.17) is 11.6 Å². The largest absolute Gasteiger partial charge is 0.353 e. The molecule has 1 aromatic heterocycles. The Labute approximate surface area is 179 Å². The van der Waals surface area contributed by atoms with Gasteiger partial charge in [0.25, 0.3) is 5.91 Å². The number of aryl methyl sites for hydroxylation is 1. The highest BCUT2D eigenvalue weighted by Crippen LogP contribution is 2.14. The SMILES string of the molecule is CCCCN(CC(=O)N(Cc1cccn1C)CC(C)C)C(=O)c1ccc(Cl)cc1. The van der Waals surface area contributed by atoms with Gasteiger partial charge in [-0.3, -0.25) is 9.59 Å². The van der Waals surface area contributed by atoms with Gasteiger partial charge in [0, 0.05) is 42.6 Å². The molecule has 2 amide bonds. The molecular formula is C23H32ClN3O2. The zero-order chi connectivity index (χ0) is 21.4. The van der Waals surface area contributed by atoms with Crippen LogP contribution in [-0.2, 0) is 18.4 Å². The van der Waals surface area contributed by atoms with Crippen LogP contribution in [0.3, 0.4) is 0 Å². The van der Waals surface area contributed by atoms with Gasteiger partial charge >= 0.3 is 0 Å². The number of amides is 2. The number of hydrogen-bond donors (Lipinski definition) is 0. The van der Waals surface area contributed by atoms with Crippen molar-refractivity contribution in [2.24, 2.45) is 13.0 Å². The maximum Gasteiger partial charge on any atom is 0.254 e. The Morgan fingerprint density at radius 2 is 1.79 bits per heavy atom. The van der Waals surface area contributed by atoms with Gasteiger partial charge in [-0.05, 0) is 48.7 Å². The summed E-state index contributed by atoms with van der Waals surface area (Å²) < 4.78 is 2.02. The molecule has 0 fully saturated rings. The van der Waals surface area contributed by atoms with Crippen molar-refractivity contribution in [1.29, 1.82) is 0 Å². The van der Waals surface area contributed by atoms with E-state index < -0.39 is 0 Å². The number of rotatable bonds is 10. The molecule has 0 saturated heterocycles. The van der Waals surface area contributed by atoms with Crippen molar-refractivity contribution < 1.29 is 9.59 Å². The smallest absolute Gasteiger partial charge is 0.254 e. The van der Waals surface area contributed by atoms with Crippen molar-refractivity contribution >= 4 is 23.4 Å². The third-order valence-electron chi connectivity index (χ3n) is 4.83. The first-order valence-electron chi connectivity index (χ1n) is 10.2. The third kappa shape index (κ3) is 6.93. The van der Waals surface area contributed by atoms with Crippen LogP contribution in [0.15, 0.2) is 42.6 Å². The maximum atomic E-state index is 13.2. The van der Waals surface area contributed by atoms with Gasteiger partial charge in [-0.2, -0.15) is 0 Å². The van der Waals surface area contributed by atoms with Gasteiger partial charge in [-0.25, -0.2) is 0 Å². The van der Waals surface area contributed by atoms with E-state index in [0.717, 1.165) is 18.5 Å². The molecule has 0 aliphatic carbocycles. The molecule has 1 aromatic carbocycles. The average Bonchev–Trinajstić information content (AvgIpc) is 3.08. The summed E-state index contributed by atoms with van der Waals surface area (Å²) in [7, 11) is 1.98. The Kier molecular flexibility index (Phi) is 8.77. The minimum Gasteiger partial charge on any atom is -0.353 e. The Bertz CT molecular complexity index is 799. The predicted molar refractivity (Wildman–Crippen MR) is 118 cm³/mol. The van der Waals surface area contributed by atoms with Crippen LogP contribution < -0.4 is 0 Å². The number of benzene rings is 1. The van der Waals surface area contributed by atoms with E-state index >= 15 is 0 Å². The van der Waals surface area contributed by atoms with Crippen LogP contribution >= 0.6 is 11.6 Å². The first kappa shape index (κ1) is 23.0. The van der Waals surface area contributed by atoms with Crippen LogP contribution in [-0.4, -0.2) is 45.8 Å². The topological polar surface area (TPSA) is 45.6 Å². The fourth-order valence-electron chi connectivity index (χ4n) is 3.19. The molecule has 2 aromatic rings. The molecule has 0 saturated carbocycles. The van der Waals surface area contributed by atoms with Crippen molar-refractivity contribution in [2.75, 3.05) is 19.6 Å². The Hall–Kier alpha value is -2.27. The molecule has 0 aliphatic heterocycles. The van der Waals surface area contributed by atoms with Crippen molar-refractivity contribution in [3.63, 3.8) is 0 Å². The van der Waals surface area contributed by atoms with E-state index in [1.807, 2.05) is 34.8 Å². The lowest BCUT2D eigenvalue weighted by Gasteiger charge is -2.29. The van der Waals surface area contributed by atoms with Gasteiger partial charge in [-0.15, -0.1) is 0 Å².